The molecule has 6 heteroatoms. The zero-order valence-electron chi connectivity index (χ0n) is 9.24. The Balaban J connectivity index is 2.91. The smallest absolute Gasteiger partial charge is 0.337 e. The van der Waals surface area contributed by atoms with E-state index in [0.717, 1.165) is 12.1 Å². The summed E-state index contributed by atoms with van der Waals surface area (Å²) < 4.78 is 12.9. The second-order valence-corrected chi connectivity index (χ2v) is 3.72. The molecule has 0 fully saturated rings. The van der Waals surface area contributed by atoms with Crippen molar-refractivity contribution >= 4 is 17.6 Å². The first-order valence-electron chi connectivity index (χ1n) is 4.98. The Morgan fingerprint density at radius 1 is 1.53 bits per heavy atom. The maximum atomic E-state index is 12.9. The topological polar surface area (TPSA) is 92.4 Å². The van der Waals surface area contributed by atoms with Gasteiger partial charge < -0.3 is 16.2 Å². The van der Waals surface area contributed by atoms with Gasteiger partial charge in [-0.05, 0) is 25.1 Å². The lowest BCUT2D eigenvalue weighted by atomic mass is 10.1. The Hall–Kier alpha value is -1.95. The van der Waals surface area contributed by atoms with Crippen molar-refractivity contribution in [2.24, 2.45) is 5.73 Å². The fourth-order valence-electron chi connectivity index (χ4n) is 1.30. The molecule has 0 saturated heterocycles. The number of carboxylic acid groups (broad SMARTS) is 1. The van der Waals surface area contributed by atoms with Crippen LogP contribution in [0.15, 0.2) is 18.2 Å². The molecule has 1 unspecified atom stereocenters. The SMILES string of the molecule is CC(N)CC(=O)Nc1ccc(F)cc1C(=O)O. The maximum Gasteiger partial charge on any atom is 0.337 e. The van der Waals surface area contributed by atoms with Crippen LogP contribution in [-0.4, -0.2) is 23.0 Å². The van der Waals surface area contributed by atoms with Crippen LogP contribution >= 0.6 is 0 Å². The number of hydrogen-bond donors (Lipinski definition) is 3. The molecule has 1 amide bonds. The Bertz CT molecular complexity index is 446. The number of amides is 1. The van der Waals surface area contributed by atoms with Gasteiger partial charge in [-0.15, -0.1) is 0 Å². The van der Waals surface area contributed by atoms with Gasteiger partial charge in [0.1, 0.15) is 5.82 Å². The molecule has 0 aliphatic rings. The van der Waals surface area contributed by atoms with Crippen LogP contribution in [-0.2, 0) is 4.79 Å². The van der Waals surface area contributed by atoms with Crippen LogP contribution in [0.3, 0.4) is 0 Å². The summed E-state index contributed by atoms with van der Waals surface area (Å²) in [6.45, 7) is 1.66. The minimum Gasteiger partial charge on any atom is -0.478 e. The normalized spacial score (nSPS) is 11.9. The van der Waals surface area contributed by atoms with Crippen LogP contribution in [0.25, 0.3) is 0 Å². The quantitative estimate of drug-likeness (QED) is 0.737. The van der Waals surface area contributed by atoms with Crippen LogP contribution < -0.4 is 11.1 Å². The lowest BCUT2D eigenvalue weighted by molar-refractivity contribution is -0.116. The fourth-order valence-corrected chi connectivity index (χ4v) is 1.30. The van der Waals surface area contributed by atoms with E-state index in [1.165, 1.54) is 6.07 Å². The van der Waals surface area contributed by atoms with Gasteiger partial charge in [0.15, 0.2) is 0 Å². The number of carboxylic acids is 1. The van der Waals surface area contributed by atoms with Gasteiger partial charge in [0.25, 0.3) is 0 Å². The van der Waals surface area contributed by atoms with E-state index in [0.29, 0.717) is 0 Å². The first-order valence-corrected chi connectivity index (χ1v) is 4.98. The molecule has 0 spiro atoms. The van der Waals surface area contributed by atoms with E-state index in [1.54, 1.807) is 6.92 Å². The molecule has 0 aliphatic heterocycles. The van der Waals surface area contributed by atoms with E-state index in [9.17, 15) is 14.0 Å². The summed E-state index contributed by atoms with van der Waals surface area (Å²) in [7, 11) is 0. The van der Waals surface area contributed by atoms with E-state index in [4.69, 9.17) is 10.8 Å². The molecule has 1 rings (SSSR count). The zero-order valence-corrected chi connectivity index (χ0v) is 9.24. The van der Waals surface area contributed by atoms with Gasteiger partial charge in [-0.2, -0.15) is 0 Å². The molecule has 17 heavy (non-hydrogen) atoms. The van der Waals surface area contributed by atoms with Gasteiger partial charge in [-0.3, -0.25) is 4.79 Å². The Morgan fingerprint density at radius 3 is 2.71 bits per heavy atom. The molecule has 0 aliphatic carbocycles. The minimum absolute atomic E-state index is 0.0598. The molecule has 1 aromatic rings. The molecule has 4 N–H and O–H groups in total. The molecular formula is C11H13FN2O3. The van der Waals surface area contributed by atoms with Crippen molar-refractivity contribution in [3.05, 3.63) is 29.6 Å². The number of nitrogens with one attached hydrogen (secondary N) is 1. The van der Waals surface area contributed by atoms with E-state index < -0.39 is 17.7 Å². The summed E-state index contributed by atoms with van der Waals surface area (Å²) in [6, 6.07) is 2.80. The fraction of sp³-hybridized carbons (Fsp3) is 0.273. The van der Waals surface area contributed by atoms with Gasteiger partial charge in [-0.25, -0.2) is 9.18 Å². The molecule has 0 bridgehead atoms. The molecule has 92 valence electrons. The van der Waals surface area contributed by atoms with Crippen molar-refractivity contribution in [1.29, 1.82) is 0 Å². The third-order valence-electron chi connectivity index (χ3n) is 1.99. The average Bonchev–Trinajstić information content (AvgIpc) is 2.19. The highest BCUT2D eigenvalue weighted by molar-refractivity contribution is 6.00. The van der Waals surface area contributed by atoms with Crippen LogP contribution in [0, 0.1) is 5.82 Å². The monoisotopic (exact) mass is 240 g/mol. The van der Waals surface area contributed by atoms with Gasteiger partial charge >= 0.3 is 5.97 Å². The molecule has 0 heterocycles. The molecule has 0 aromatic heterocycles. The van der Waals surface area contributed by atoms with E-state index in [1.807, 2.05) is 0 Å². The summed E-state index contributed by atoms with van der Waals surface area (Å²) in [4.78, 5) is 22.2. The molecule has 1 aromatic carbocycles. The second-order valence-electron chi connectivity index (χ2n) is 3.72. The number of aromatic carboxylic acids is 1. The number of carbonyl (C=O) groups is 2. The maximum absolute atomic E-state index is 12.9. The van der Waals surface area contributed by atoms with Crippen molar-refractivity contribution < 1.29 is 19.1 Å². The Labute approximate surface area is 97.4 Å². The van der Waals surface area contributed by atoms with Crippen LogP contribution in [0.4, 0.5) is 10.1 Å². The first kappa shape index (κ1) is 13.1. The van der Waals surface area contributed by atoms with Crippen molar-refractivity contribution in [2.75, 3.05) is 5.32 Å². The number of rotatable bonds is 4. The third-order valence-corrected chi connectivity index (χ3v) is 1.99. The second kappa shape index (κ2) is 5.40. The van der Waals surface area contributed by atoms with Crippen LogP contribution in [0.2, 0.25) is 0 Å². The van der Waals surface area contributed by atoms with Crippen molar-refractivity contribution in [1.82, 2.24) is 0 Å². The van der Waals surface area contributed by atoms with Gasteiger partial charge in [0.05, 0.1) is 11.3 Å². The number of benzene rings is 1. The first-order chi connectivity index (χ1) is 7.90. The van der Waals surface area contributed by atoms with Crippen LogP contribution in [0.5, 0.6) is 0 Å². The number of nitrogens with two attached hydrogens (primary N) is 1. The predicted molar refractivity (Wildman–Crippen MR) is 60.3 cm³/mol. The minimum atomic E-state index is -1.31. The summed E-state index contributed by atoms with van der Waals surface area (Å²) >= 11 is 0. The standard InChI is InChI=1S/C11H13FN2O3/c1-6(13)4-10(15)14-9-3-2-7(12)5-8(9)11(16)17/h2-3,5-6H,4,13H2,1H3,(H,14,15)(H,16,17). The Kier molecular flexibility index (Phi) is 4.17. The predicted octanol–water partition coefficient (Wildman–Crippen LogP) is 1.20. The highest BCUT2D eigenvalue weighted by atomic mass is 19.1. The van der Waals surface area contributed by atoms with E-state index >= 15 is 0 Å². The average molecular weight is 240 g/mol. The summed E-state index contributed by atoms with van der Waals surface area (Å²) in [5, 5.41) is 11.2. The van der Waals surface area contributed by atoms with Gasteiger partial charge in [0.2, 0.25) is 5.91 Å². The number of carbonyl (C=O) groups excluding carboxylic acids is 1. The highest BCUT2D eigenvalue weighted by Crippen LogP contribution is 2.17. The van der Waals surface area contributed by atoms with E-state index in [2.05, 4.69) is 5.32 Å². The van der Waals surface area contributed by atoms with Gasteiger partial charge in [0, 0.05) is 12.5 Å². The molecule has 5 nitrogen and oxygen atoms in total. The lowest BCUT2D eigenvalue weighted by Crippen LogP contribution is -2.24. The Morgan fingerprint density at radius 2 is 2.18 bits per heavy atom. The molecular weight excluding hydrogens is 227 g/mol. The van der Waals surface area contributed by atoms with Crippen LogP contribution in [0.1, 0.15) is 23.7 Å². The van der Waals surface area contributed by atoms with Crippen molar-refractivity contribution in [2.45, 2.75) is 19.4 Å². The largest absolute Gasteiger partial charge is 0.478 e. The summed E-state index contributed by atoms with van der Waals surface area (Å²) in [5.41, 5.74) is 5.20. The summed E-state index contributed by atoms with van der Waals surface area (Å²) in [5.74, 6) is -2.39. The molecule has 0 saturated carbocycles. The van der Waals surface area contributed by atoms with Crippen molar-refractivity contribution in [3.63, 3.8) is 0 Å². The number of hydrogen-bond acceptors (Lipinski definition) is 3. The summed E-state index contributed by atoms with van der Waals surface area (Å²) in [6.07, 6.45) is 0.0659. The molecule has 0 radical (unpaired) electrons. The van der Waals surface area contributed by atoms with Gasteiger partial charge in [-0.1, -0.05) is 0 Å². The number of halogens is 1. The molecule has 1 atom stereocenters. The lowest BCUT2D eigenvalue weighted by Gasteiger charge is -2.09. The zero-order chi connectivity index (χ0) is 13.0. The van der Waals surface area contributed by atoms with E-state index in [-0.39, 0.29) is 23.7 Å². The third kappa shape index (κ3) is 3.84. The number of anilines is 1. The van der Waals surface area contributed by atoms with Crippen molar-refractivity contribution in [3.8, 4) is 0 Å². The highest BCUT2D eigenvalue weighted by Gasteiger charge is 2.14.